The molecule has 120 valence electrons. The van der Waals surface area contributed by atoms with Crippen LogP contribution in [0.2, 0.25) is 0 Å². The highest BCUT2D eigenvalue weighted by molar-refractivity contribution is 5.44. The molecule has 0 atom stereocenters. The molecule has 1 aromatic heterocycles. The first kappa shape index (κ1) is 17.7. The summed E-state index contributed by atoms with van der Waals surface area (Å²) in [6.07, 6.45) is 1.07. The lowest BCUT2D eigenvalue weighted by molar-refractivity contribution is 0.408. The van der Waals surface area contributed by atoms with Crippen molar-refractivity contribution in [3.8, 4) is 0 Å². The van der Waals surface area contributed by atoms with Crippen LogP contribution in [0.5, 0.6) is 0 Å². The summed E-state index contributed by atoms with van der Waals surface area (Å²) in [4.78, 5) is 13.7. The molecule has 0 saturated heterocycles. The Kier molecular flexibility index (Phi) is 7.43. The Balaban J connectivity index is 2.90. The standard InChI is InChI=1S/C16H31N5/c1-7-8-17-16-18-14(4)11-15(19-16)21(12-13(2)3)10-9-20(5)6/h11,13H,7-10,12H2,1-6H3,(H,17,18,19). The fourth-order valence-corrected chi connectivity index (χ4v) is 2.09. The third-order valence-corrected chi connectivity index (χ3v) is 3.10. The van der Waals surface area contributed by atoms with E-state index in [0.29, 0.717) is 5.92 Å². The number of nitrogens with one attached hydrogen (secondary N) is 1. The number of hydrogen-bond donors (Lipinski definition) is 1. The van der Waals surface area contributed by atoms with Crippen LogP contribution < -0.4 is 10.2 Å². The van der Waals surface area contributed by atoms with Gasteiger partial charge in [-0.05, 0) is 33.4 Å². The van der Waals surface area contributed by atoms with E-state index in [1.165, 1.54) is 0 Å². The van der Waals surface area contributed by atoms with E-state index in [1.807, 2.05) is 6.92 Å². The maximum Gasteiger partial charge on any atom is 0.224 e. The van der Waals surface area contributed by atoms with E-state index in [4.69, 9.17) is 0 Å². The summed E-state index contributed by atoms with van der Waals surface area (Å²) in [6.45, 7) is 12.6. The van der Waals surface area contributed by atoms with Gasteiger partial charge in [0, 0.05) is 37.9 Å². The molecule has 0 aromatic carbocycles. The van der Waals surface area contributed by atoms with E-state index in [1.54, 1.807) is 0 Å². The second-order valence-electron chi connectivity index (χ2n) is 6.26. The van der Waals surface area contributed by atoms with E-state index in [-0.39, 0.29) is 0 Å². The Morgan fingerprint density at radius 1 is 1.19 bits per heavy atom. The molecule has 0 radical (unpaired) electrons. The molecule has 5 nitrogen and oxygen atoms in total. The lowest BCUT2D eigenvalue weighted by atomic mass is 10.2. The van der Waals surface area contributed by atoms with Crippen LogP contribution in [-0.2, 0) is 0 Å². The predicted octanol–water partition coefficient (Wildman–Crippen LogP) is 2.63. The van der Waals surface area contributed by atoms with Crippen molar-refractivity contribution in [3.63, 3.8) is 0 Å². The summed E-state index contributed by atoms with van der Waals surface area (Å²) < 4.78 is 0. The SMILES string of the molecule is CCCNc1nc(C)cc(N(CCN(C)C)CC(C)C)n1. The molecule has 0 saturated carbocycles. The van der Waals surface area contributed by atoms with E-state index >= 15 is 0 Å². The zero-order chi connectivity index (χ0) is 15.8. The number of nitrogens with zero attached hydrogens (tertiary/aromatic N) is 4. The van der Waals surface area contributed by atoms with Gasteiger partial charge in [0.15, 0.2) is 0 Å². The third-order valence-electron chi connectivity index (χ3n) is 3.10. The Labute approximate surface area is 129 Å². The van der Waals surface area contributed by atoms with Gasteiger partial charge in [0.1, 0.15) is 5.82 Å². The van der Waals surface area contributed by atoms with E-state index in [2.05, 4.69) is 66.0 Å². The maximum absolute atomic E-state index is 4.69. The highest BCUT2D eigenvalue weighted by Gasteiger charge is 2.12. The number of anilines is 2. The van der Waals surface area contributed by atoms with Crippen molar-refractivity contribution in [3.05, 3.63) is 11.8 Å². The highest BCUT2D eigenvalue weighted by Crippen LogP contribution is 2.16. The molecule has 0 aliphatic carbocycles. The Hall–Kier alpha value is -1.36. The predicted molar refractivity (Wildman–Crippen MR) is 91.2 cm³/mol. The molecule has 0 amide bonds. The van der Waals surface area contributed by atoms with Crippen LogP contribution >= 0.6 is 0 Å². The van der Waals surface area contributed by atoms with Crippen molar-refractivity contribution in [2.24, 2.45) is 5.92 Å². The molecule has 0 aliphatic heterocycles. The second kappa shape index (κ2) is 8.82. The average molecular weight is 293 g/mol. The molecule has 1 rings (SSSR count). The van der Waals surface area contributed by atoms with E-state index in [9.17, 15) is 0 Å². The summed E-state index contributed by atoms with van der Waals surface area (Å²) in [6, 6.07) is 2.08. The van der Waals surface area contributed by atoms with Gasteiger partial charge in [0.25, 0.3) is 0 Å². The van der Waals surface area contributed by atoms with Gasteiger partial charge in [-0.2, -0.15) is 4.98 Å². The molecule has 1 N–H and O–H groups in total. The van der Waals surface area contributed by atoms with Crippen LogP contribution in [-0.4, -0.2) is 55.1 Å². The average Bonchev–Trinajstić information content (AvgIpc) is 2.40. The first-order valence-corrected chi connectivity index (χ1v) is 7.91. The van der Waals surface area contributed by atoms with Crippen LogP contribution in [0.1, 0.15) is 32.9 Å². The van der Waals surface area contributed by atoms with Crippen molar-refractivity contribution < 1.29 is 0 Å². The first-order chi connectivity index (χ1) is 9.92. The summed E-state index contributed by atoms with van der Waals surface area (Å²) in [5, 5.41) is 3.29. The molecular formula is C16H31N5. The molecule has 0 aliphatic rings. The van der Waals surface area contributed by atoms with Gasteiger partial charge < -0.3 is 15.1 Å². The molecule has 0 fully saturated rings. The number of aryl methyl sites for hydroxylation is 1. The number of aromatic nitrogens is 2. The molecule has 0 unspecified atom stereocenters. The second-order valence-corrected chi connectivity index (χ2v) is 6.26. The molecule has 21 heavy (non-hydrogen) atoms. The minimum atomic E-state index is 0.606. The lowest BCUT2D eigenvalue weighted by Gasteiger charge is -2.27. The van der Waals surface area contributed by atoms with Crippen molar-refractivity contribution >= 4 is 11.8 Å². The van der Waals surface area contributed by atoms with Gasteiger partial charge in [-0.15, -0.1) is 0 Å². The quantitative estimate of drug-likeness (QED) is 0.758. The Morgan fingerprint density at radius 3 is 2.48 bits per heavy atom. The largest absolute Gasteiger partial charge is 0.355 e. The van der Waals surface area contributed by atoms with Gasteiger partial charge in [-0.3, -0.25) is 0 Å². The Bertz CT molecular complexity index is 417. The van der Waals surface area contributed by atoms with Crippen LogP contribution in [0.25, 0.3) is 0 Å². The molecule has 0 bridgehead atoms. The van der Waals surface area contributed by atoms with Crippen LogP contribution in [0, 0.1) is 12.8 Å². The first-order valence-electron chi connectivity index (χ1n) is 7.91. The topological polar surface area (TPSA) is 44.3 Å². The van der Waals surface area contributed by atoms with Gasteiger partial charge in [-0.1, -0.05) is 20.8 Å². The van der Waals surface area contributed by atoms with Crippen molar-refractivity contribution in [1.82, 2.24) is 14.9 Å². The van der Waals surface area contributed by atoms with E-state index < -0.39 is 0 Å². The summed E-state index contributed by atoms with van der Waals surface area (Å²) in [5.41, 5.74) is 1.01. The van der Waals surface area contributed by atoms with Crippen LogP contribution in [0.15, 0.2) is 6.07 Å². The van der Waals surface area contributed by atoms with Gasteiger partial charge in [0.2, 0.25) is 5.95 Å². The van der Waals surface area contributed by atoms with Gasteiger partial charge >= 0.3 is 0 Å². The minimum Gasteiger partial charge on any atom is -0.355 e. The monoisotopic (exact) mass is 293 g/mol. The minimum absolute atomic E-state index is 0.606. The highest BCUT2D eigenvalue weighted by atomic mass is 15.2. The zero-order valence-electron chi connectivity index (χ0n) is 14.5. The number of likely N-dealkylation sites (N-methyl/N-ethyl adjacent to an activating group) is 1. The van der Waals surface area contributed by atoms with Gasteiger partial charge in [0.05, 0.1) is 0 Å². The van der Waals surface area contributed by atoms with Crippen molar-refractivity contribution in [1.29, 1.82) is 0 Å². The molecule has 5 heteroatoms. The van der Waals surface area contributed by atoms with Gasteiger partial charge in [-0.25, -0.2) is 4.98 Å². The maximum atomic E-state index is 4.69. The molecule has 1 heterocycles. The third kappa shape index (κ3) is 6.76. The number of rotatable bonds is 9. The molecule has 0 spiro atoms. The van der Waals surface area contributed by atoms with Crippen molar-refractivity contribution in [2.45, 2.75) is 34.1 Å². The van der Waals surface area contributed by atoms with Crippen LogP contribution in [0.3, 0.4) is 0 Å². The fourth-order valence-electron chi connectivity index (χ4n) is 2.09. The number of hydrogen-bond acceptors (Lipinski definition) is 5. The van der Waals surface area contributed by atoms with Crippen molar-refractivity contribution in [2.75, 3.05) is 50.5 Å². The zero-order valence-corrected chi connectivity index (χ0v) is 14.5. The normalized spacial score (nSPS) is 11.2. The Morgan fingerprint density at radius 2 is 1.90 bits per heavy atom. The van der Waals surface area contributed by atoms with Crippen LogP contribution in [0.4, 0.5) is 11.8 Å². The lowest BCUT2D eigenvalue weighted by Crippen LogP contribution is -2.35. The fraction of sp³-hybridized carbons (Fsp3) is 0.750. The smallest absolute Gasteiger partial charge is 0.224 e. The summed E-state index contributed by atoms with van der Waals surface area (Å²) in [7, 11) is 4.21. The summed E-state index contributed by atoms with van der Waals surface area (Å²) in [5.74, 6) is 2.37. The van der Waals surface area contributed by atoms with E-state index in [0.717, 1.165) is 50.1 Å². The summed E-state index contributed by atoms with van der Waals surface area (Å²) >= 11 is 0. The molecule has 1 aromatic rings. The molecular weight excluding hydrogens is 262 g/mol.